The van der Waals surface area contributed by atoms with Gasteiger partial charge >= 0.3 is 5.97 Å². The molecule has 1 atom stereocenters. The molecule has 2 aromatic carbocycles. The van der Waals surface area contributed by atoms with E-state index in [2.05, 4.69) is 27.6 Å². The van der Waals surface area contributed by atoms with Gasteiger partial charge < -0.3 is 14.6 Å². The molecular formula is C17H16INO4. The summed E-state index contributed by atoms with van der Waals surface area (Å²) in [5, 5.41) is 9.04. The minimum atomic E-state index is -1.04. The molecule has 5 nitrogen and oxygen atoms in total. The molecule has 0 fully saturated rings. The van der Waals surface area contributed by atoms with Crippen LogP contribution in [0.5, 0.6) is 11.5 Å². The van der Waals surface area contributed by atoms with Crippen LogP contribution in [-0.2, 0) is 4.79 Å². The number of carbonyl (C=O) groups is 1. The highest BCUT2D eigenvalue weighted by molar-refractivity contribution is 14.1. The van der Waals surface area contributed by atoms with E-state index in [0.717, 1.165) is 9.26 Å². The largest absolute Gasteiger partial charge is 0.493 e. The molecule has 0 saturated carbocycles. The number of hydrogen-bond donors (Lipinski definition) is 1. The molecule has 0 saturated heterocycles. The Labute approximate surface area is 148 Å². The number of rotatable bonds is 6. The number of para-hydroxylation sites is 1. The average molecular weight is 425 g/mol. The summed E-state index contributed by atoms with van der Waals surface area (Å²) in [5.41, 5.74) is 1.45. The van der Waals surface area contributed by atoms with Crippen LogP contribution in [0.15, 0.2) is 47.5 Å². The zero-order valence-electron chi connectivity index (χ0n) is 12.7. The molecule has 0 amide bonds. The van der Waals surface area contributed by atoms with Crippen molar-refractivity contribution in [3.63, 3.8) is 0 Å². The van der Waals surface area contributed by atoms with Gasteiger partial charge in [0.25, 0.3) is 0 Å². The zero-order valence-corrected chi connectivity index (χ0v) is 14.9. The van der Waals surface area contributed by atoms with E-state index in [1.54, 1.807) is 24.4 Å². The number of carboxylic acids is 1. The molecule has 0 aliphatic carbocycles. The summed E-state index contributed by atoms with van der Waals surface area (Å²) >= 11 is 2.22. The van der Waals surface area contributed by atoms with E-state index >= 15 is 0 Å². The summed E-state index contributed by atoms with van der Waals surface area (Å²) in [6.45, 7) is 1.47. The fourth-order valence-corrected chi connectivity index (χ4v) is 2.38. The second-order valence-corrected chi connectivity index (χ2v) is 5.96. The first-order valence-corrected chi connectivity index (χ1v) is 7.95. The van der Waals surface area contributed by atoms with Crippen LogP contribution in [0.1, 0.15) is 12.5 Å². The lowest BCUT2D eigenvalue weighted by Crippen LogP contribution is -2.23. The minimum Gasteiger partial charge on any atom is -0.493 e. The zero-order chi connectivity index (χ0) is 16.8. The van der Waals surface area contributed by atoms with Crippen molar-refractivity contribution < 1.29 is 19.4 Å². The molecular weight excluding hydrogens is 409 g/mol. The maximum absolute atomic E-state index is 11.0. The van der Waals surface area contributed by atoms with Crippen molar-refractivity contribution in [2.24, 2.45) is 4.99 Å². The van der Waals surface area contributed by atoms with Gasteiger partial charge in [-0.05, 0) is 59.8 Å². The van der Waals surface area contributed by atoms with Crippen molar-refractivity contribution in [2.75, 3.05) is 7.11 Å². The number of benzene rings is 2. The van der Waals surface area contributed by atoms with Gasteiger partial charge in [-0.25, -0.2) is 4.79 Å². The molecule has 2 rings (SSSR count). The molecule has 0 aromatic heterocycles. The summed E-state index contributed by atoms with van der Waals surface area (Å²) in [5.74, 6) is -0.222. The molecule has 0 unspecified atom stereocenters. The van der Waals surface area contributed by atoms with Crippen molar-refractivity contribution >= 4 is 40.5 Å². The van der Waals surface area contributed by atoms with Crippen LogP contribution in [0, 0.1) is 3.57 Å². The first kappa shape index (κ1) is 17.3. The van der Waals surface area contributed by atoms with Crippen LogP contribution in [0.2, 0.25) is 0 Å². The molecule has 0 radical (unpaired) electrons. The van der Waals surface area contributed by atoms with Gasteiger partial charge in [0.15, 0.2) is 17.6 Å². The highest BCUT2D eigenvalue weighted by Crippen LogP contribution is 2.31. The highest BCUT2D eigenvalue weighted by Gasteiger charge is 2.17. The Bertz CT molecular complexity index is 730. The van der Waals surface area contributed by atoms with E-state index in [1.165, 1.54) is 14.0 Å². The minimum absolute atomic E-state index is 0.360. The molecule has 2 aromatic rings. The summed E-state index contributed by atoms with van der Waals surface area (Å²) in [7, 11) is 1.51. The number of methoxy groups -OCH3 is 1. The Morgan fingerprint density at radius 3 is 2.70 bits per heavy atom. The highest BCUT2D eigenvalue weighted by atomic mass is 127. The second kappa shape index (κ2) is 7.96. The topological polar surface area (TPSA) is 68.1 Å². The third-order valence-corrected chi connectivity index (χ3v) is 3.70. The monoisotopic (exact) mass is 425 g/mol. The van der Waals surface area contributed by atoms with Crippen LogP contribution in [-0.4, -0.2) is 30.5 Å². The molecule has 1 N–H and O–H groups in total. The number of aliphatic imine (C=N–C) groups is 1. The summed E-state index contributed by atoms with van der Waals surface area (Å²) in [6, 6.07) is 13.0. The summed E-state index contributed by atoms with van der Waals surface area (Å²) < 4.78 is 11.9. The first-order valence-electron chi connectivity index (χ1n) is 6.87. The van der Waals surface area contributed by atoms with Gasteiger partial charge in [0.2, 0.25) is 0 Å². The number of aliphatic carboxylic acids is 1. The molecule has 0 spiro atoms. The SMILES string of the molecule is COc1cccc(C=Nc2cccc(I)c2)c1O[C@H](C)C(=O)O. The van der Waals surface area contributed by atoms with Gasteiger partial charge in [0.1, 0.15) is 0 Å². The average Bonchev–Trinajstić information content (AvgIpc) is 2.53. The van der Waals surface area contributed by atoms with Gasteiger partial charge in [-0.1, -0.05) is 12.1 Å². The van der Waals surface area contributed by atoms with Gasteiger partial charge in [-0.2, -0.15) is 0 Å². The fourth-order valence-electron chi connectivity index (χ4n) is 1.85. The third-order valence-electron chi connectivity index (χ3n) is 3.03. The Balaban J connectivity index is 2.35. The molecule has 0 aliphatic rings. The maximum atomic E-state index is 11.0. The lowest BCUT2D eigenvalue weighted by Gasteiger charge is -2.15. The Morgan fingerprint density at radius 1 is 1.30 bits per heavy atom. The van der Waals surface area contributed by atoms with Crippen LogP contribution in [0.25, 0.3) is 0 Å². The van der Waals surface area contributed by atoms with Crippen molar-refractivity contribution in [1.82, 2.24) is 0 Å². The van der Waals surface area contributed by atoms with Crippen LogP contribution >= 0.6 is 22.6 Å². The fraction of sp³-hybridized carbons (Fsp3) is 0.176. The predicted octanol–water partition coefficient (Wildman–Crippen LogP) is 3.90. The van der Waals surface area contributed by atoms with Crippen molar-refractivity contribution in [3.05, 3.63) is 51.6 Å². The molecule has 23 heavy (non-hydrogen) atoms. The van der Waals surface area contributed by atoms with Gasteiger partial charge in [0.05, 0.1) is 12.8 Å². The quantitative estimate of drug-likeness (QED) is 0.563. The van der Waals surface area contributed by atoms with E-state index in [1.807, 2.05) is 24.3 Å². The van der Waals surface area contributed by atoms with Gasteiger partial charge in [0, 0.05) is 15.3 Å². The Morgan fingerprint density at radius 2 is 2.04 bits per heavy atom. The lowest BCUT2D eigenvalue weighted by molar-refractivity contribution is -0.144. The molecule has 0 aliphatic heterocycles. The molecule has 120 valence electrons. The van der Waals surface area contributed by atoms with E-state index < -0.39 is 12.1 Å². The standard InChI is InChI=1S/C17H16INO4/c1-11(17(20)21)23-16-12(5-3-8-15(16)22-2)10-19-14-7-4-6-13(18)9-14/h3-11H,1-2H3,(H,20,21)/t11-/m1/s1. The smallest absolute Gasteiger partial charge is 0.344 e. The summed E-state index contributed by atoms with van der Waals surface area (Å²) in [6.07, 6.45) is 0.647. The van der Waals surface area contributed by atoms with Crippen LogP contribution in [0.3, 0.4) is 0 Å². The second-order valence-electron chi connectivity index (χ2n) is 4.72. The summed E-state index contributed by atoms with van der Waals surface area (Å²) in [4.78, 5) is 15.4. The van der Waals surface area contributed by atoms with E-state index in [9.17, 15) is 4.79 Å². The van der Waals surface area contributed by atoms with Crippen molar-refractivity contribution in [1.29, 1.82) is 0 Å². The van der Waals surface area contributed by atoms with E-state index in [4.69, 9.17) is 14.6 Å². The van der Waals surface area contributed by atoms with E-state index in [-0.39, 0.29) is 0 Å². The van der Waals surface area contributed by atoms with Crippen molar-refractivity contribution in [2.45, 2.75) is 13.0 Å². The van der Waals surface area contributed by atoms with Crippen molar-refractivity contribution in [3.8, 4) is 11.5 Å². The number of nitrogens with zero attached hydrogens (tertiary/aromatic N) is 1. The Hall–Kier alpha value is -2.09. The third kappa shape index (κ3) is 4.69. The van der Waals surface area contributed by atoms with Crippen LogP contribution in [0.4, 0.5) is 5.69 Å². The molecule has 0 heterocycles. The maximum Gasteiger partial charge on any atom is 0.344 e. The predicted molar refractivity (Wildman–Crippen MR) is 97.1 cm³/mol. The number of ether oxygens (including phenoxy) is 2. The molecule has 6 heteroatoms. The molecule has 0 bridgehead atoms. The number of carboxylic acid groups (broad SMARTS) is 1. The lowest BCUT2D eigenvalue weighted by atomic mass is 10.2. The van der Waals surface area contributed by atoms with E-state index in [0.29, 0.717) is 17.1 Å². The van der Waals surface area contributed by atoms with Gasteiger partial charge in [-0.3, -0.25) is 4.99 Å². The first-order chi connectivity index (χ1) is 11.0. The number of halogens is 1. The normalized spacial score (nSPS) is 12.1. The van der Waals surface area contributed by atoms with Crippen LogP contribution < -0.4 is 9.47 Å². The Kier molecular flexibility index (Phi) is 5.97. The number of hydrogen-bond acceptors (Lipinski definition) is 4. The van der Waals surface area contributed by atoms with Gasteiger partial charge in [-0.15, -0.1) is 0 Å².